The van der Waals surface area contributed by atoms with Crippen LogP contribution in [0.25, 0.3) is 0 Å². The molecule has 1 nitrogen and oxygen atoms in total. The Hall–Kier alpha value is -0.470. The fourth-order valence-electron chi connectivity index (χ4n) is 1.72. The zero-order chi connectivity index (χ0) is 8.55. The van der Waals surface area contributed by atoms with Crippen LogP contribution in [0.3, 0.4) is 0 Å². The first-order chi connectivity index (χ1) is 5.79. The summed E-state index contributed by atoms with van der Waals surface area (Å²) in [6, 6.07) is 8.21. The zero-order valence-electron chi connectivity index (χ0n) is 6.77. The van der Waals surface area contributed by atoms with Gasteiger partial charge in [0.05, 0.1) is 11.4 Å². The number of hydrogen-bond acceptors (Lipinski definition) is 2. The molecule has 1 aliphatic rings. The highest BCUT2D eigenvalue weighted by atomic mass is 32.1. The number of aryl methyl sites for hydroxylation is 1. The van der Waals surface area contributed by atoms with E-state index >= 15 is 0 Å². The molecule has 2 rings (SSSR count). The van der Waals surface area contributed by atoms with Gasteiger partial charge >= 0.3 is 0 Å². The normalized spacial score (nSPS) is 28.2. The Morgan fingerprint density at radius 1 is 1.33 bits per heavy atom. The number of benzene rings is 1. The smallest absolute Gasteiger partial charge is 0.0700 e. The molecule has 2 heteroatoms. The minimum atomic E-state index is -0.275. The van der Waals surface area contributed by atoms with Crippen molar-refractivity contribution in [3.05, 3.63) is 35.4 Å². The predicted octanol–water partition coefficient (Wildman–Crippen LogP) is 1.96. The van der Waals surface area contributed by atoms with Crippen LogP contribution in [0.5, 0.6) is 0 Å². The van der Waals surface area contributed by atoms with Gasteiger partial charge in [0, 0.05) is 0 Å². The second-order valence-electron chi connectivity index (χ2n) is 3.25. The Balaban J connectivity index is 2.42. The summed E-state index contributed by atoms with van der Waals surface area (Å²) < 4.78 is 0. The number of hydrogen-bond donors (Lipinski definition) is 2. The van der Waals surface area contributed by atoms with Crippen LogP contribution in [-0.4, -0.2) is 11.2 Å². The van der Waals surface area contributed by atoms with Crippen molar-refractivity contribution in [3.8, 4) is 0 Å². The van der Waals surface area contributed by atoms with Gasteiger partial charge in [0.25, 0.3) is 0 Å². The van der Waals surface area contributed by atoms with Crippen molar-refractivity contribution < 1.29 is 5.11 Å². The average molecular weight is 180 g/mol. The molecule has 0 amide bonds. The van der Waals surface area contributed by atoms with E-state index in [1.807, 2.05) is 12.1 Å². The number of fused-ring (bicyclic) bond motifs is 1. The summed E-state index contributed by atoms with van der Waals surface area (Å²) in [5.41, 5.74) is 2.53. The van der Waals surface area contributed by atoms with E-state index in [1.54, 1.807) is 0 Å². The van der Waals surface area contributed by atoms with Gasteiger partial charge in [0.15, 0.2) is 0 Å². The third-order valence-electron chi connectivity index (χ3n) is 2.45. The lowest BCUT2D eigenvalue weighted by atomic mass is 9.89. The Morgan fingerprint density at radius 3 is 2.92 bits per heavy atom. The van der Waals surface area contributed by atoms with Crippen LogP contribution in [0.15, 0.2) is 24.3 Å². The van der Waals surface area contributed by atoms with Gasteiger partial charge in [-0.15, -0.1) is 0 Å². The third-order valence-corrected chi connectivity index (χ3v) is 3.07. The van der Waals surface area contributed by atoms with Crippen molar-refractivity contribution >= 4 is 12.6 Å². The van der Waals surface area contributed by atoms with E-state index in [0.717, 1.165) is 12.8 Å². The molecule has 1 aliphatic carbocycles. The van der Waals surface area contributed by atoms with Crippen LogP contribution in [0.1, 0.15) is 22.8 Å². The fourth-order valence-corrected chi connectivity index (χ4v) is 2.12. The summed E-state index contributed by atoms with van der Waals surface area (Å²) in [5, 5.41) is 9.56. The molecule has 0 heterocycles. The van der Waals surface area contributed by atoms with E-state index in [1.165, 1.54) is 11.1 Å². The monoisotopic (exact) mass is 180 g/mol. The molecule has 0 radical (unpaired) electrons. The molecule has 12 heavy (non-hydrogen) atoms. The highest BCUT2D eigenvalue weighted by molar-refractivity contribution is 7.80. The van der Waals surface area contributed by atoms with Gasteiger partial charge in [-0.05, 0) is 24.0 Å². The predicted molar refractivity (Wildman–Crippen MR) is 52.5 cm³/mol. The van der Waals surface area contributed by atoms with E-state index in [0.29, 0.717) is 0 Å². The van der Waals surface area contributed by atoms with E-state index in [4.69, 9.17) is 0 Å². The van der Waals surface area contributed by atoms with E-state index < -0.39 is 0 Å². The molecule has 0 aliphatic heterocycles. The van der Waals surface area contributed by atoms with Gasteiger partial charge in [-0.25, -0.2) is 0 Å². The summed E-state index contributed by atoms with van der Waals surface area (Å²) in [7, 11) is 0. The quantitative estimate of drug-likeness (QED) is 0.585. The number of rotatable bonds is 0. The molecule has 1 aromatic carbocycles. The van der Waals surface area contributed by atoms with E-state index in [-0.39, 0.29) is 11.4 Å². The molecule has 1 N–H and O–H groups in total. The van der Waals surface area contributed by atoms with Crippen LogP contribution in [0.4, 0.5) is 0 Å². The van der Waals surface area contributed by atoms with Crippen molar-refractivity contribution in [2.45, 2.75) is 24.2 Å². The Kier molecular flexibility index (Phi) is 2.11. The van der Waals surface area contributed by atoms with E-state index in [9.17, 15) is 5.11 Å². The van der Waals surface area contributed by atoms with Crippen molar-refractivity contribution in [2.24, 2.45) is 0 Å². The molecule has 0 spiro atoms. The minimum absolute atomic E-state index is 0.00921. The van der Waals surface area contributed by atoms with Crippen molar-refractivity contribution in [1.82, 2.24) is 0 Å². The van der Waals surface area contributed by atoms with Crippen LogP contribution < -0.4 is 0 Å². The van der Waals surface area contributed by atoms with Crippen LogP contribution >= 0.6 is 12.6 Å². The molecular weight excluding hydrogens is 168 g/mol. The Labute approximate surface area is 77.8 Å². The molecule has 0 unspecified atom stereocenters. The highest BCUT2D eigenvalue weighted by Crippen LogP contribution is 2.33. The number of thiol groups is 1. The van der Waals surface area contributed by atoms with Gasteiger partial charge in [-0.1, -0.05) is 24.3 Å². The van der Waals surface area contributed by atoms with Gasteiger partial charge in [-0.2, -0.15) is 12.6 Å². The summed E-state index contributed by atoms with van der Waals surface area (Å²) in [5.74, 6) is 0. The van der Waals surface area contributed by atoms with Crippen molar-refractivity contribution in [3.63, 3.8) is 0 Å². The Morgan fingerprint density at radius 2 is 2.08 bits per heavy atom. The second-order valence-corrected chi connectivity index (χ2v) is 3.81. The lowest BCUT2D eigenvalue weighted by Crippen LogP contribution is -2.21. The SMILES string of the molecule is O[C@@H]1CCc2ccccc2[C@H]1S. The van der Waals surface area contributed by atoms with Crippen LogP contribution in [0, 0.1) is 0 Å². The fraction of sp³-hybridized carbons (Fsp3) is 0.400. The maximum absolute atomic E-state index is 9.55. The maximum atomic E-state index is 9.55. The first kappa shape index (κ1) is 8.14. The first-order valence-electron chi connectivity index (χ1n) is 4.23. The summed E-state index contributed by atoms with van der Waals surface area (Å²) in [6.07, 6.45) is 1.54. The number of aliphatic hydroxyl groups excluding tert-OH is 1. The molecule has 64 valence electrons. The summed E-state index contributed by atoms with van der Waals surface area (Å²) in [6.45, 7) is 0. The molecule has 0 bridgehead atoms. The molecule has 0 aromatic heterocycles. The van der Waals surface area contributed by atoms with Gasteiger partial charge in [-0.3, -0.25) is 0 Å². The lowest BCUT2D eigenvalue weighted by Gasteiger charge is -2.26. The van der Waals surface area contributed by atoms with Gasteiger partial charge in [0.1, 0.15) is 0 Å². The van der Waals surface area contributed by atoms with Crippen LogP contribution in [0.2, 0.25) is 0 Å². The highest BCUT2D eigenvalue weighted by Gasteiger charge is 2.24. The molecule has 0 saturated heterocycles. The third kappa shape index (κ3) is 1.25. The maximum Gasteiger partial charge on any atom is 0.0700 e. The Bertz CT molecular complexity index is 285. The lowest BCUT2D eigenvalue weighted by molar-refractivity contribution is 0.156. The topological polar surface area (TPSA) is 20.2 Å². The second kappa shape index (κ2) is 3.11. The number of aliphatic hydroxyl groups is 1. The van der Waals surface area contributed by atoms with Crippen molar-refractivity contribution in [2.75, 3.05) is 0 Å². The zero-order valence-corrected chi connectivity index (χ0v) is 7.67. The van der Waals surface area contributed by atoms with E-state index in [2.05, 4.69) is 24.8 Å². The summed E-state index contributed by atoms with van der Waals surface area (Å²) >= 11 is 4.39. The molecule has 0 saturated carbocycles. The average Bonchev–Trinajstić information content (AvgIpc) is 2.12. The molecular formula is C10H12OS. The first-order valence-corrected chi connectivity index (χ1v) is 4.74. The minimum Gasteiger partial charge on any atom is -0.392 e. The van der Waals surface area contributed by atoms with Gasteiger partial charge in [0.2, 0.25) is 0 Å². The standard InChI is InChI=1S/C10H12OS/c11-9-6-5-7-3-1-2-4-8(7)10(9)12/h1-4,9-12H,5-6H2/t9-,10-/m1/s1. The molecule has 2 atom stereocenters. The molecule has 0 fully saturated rings. The molecule has 1 aromatic rings. The largest absolute Gasteiger partial charge is 0.392 e. The van der Waals surface area contributed by atoms with Gasteiger partial charge < -0.3 is 5.11 Å². The summed E-state index contributed by atoms with van der Waals surface area (Å²) in [4.78, 5) is 0. The van der Waals surface area contributed by atoms with Crippen molar-refractivity contribution in [1.29, 1.82) is 0 Å². The van der Waals surface area contributed by atoms with Crippen LogP contribution in [-0.2, 0) is 6.42 Å².